The van der Waals surface area contributed by atoms with Gasteiger partial charge in [-0.15, -0.1) is 0 Å². The number of amides is 2. The van der Waals surface area contributed by atoms with Gasteiger partial charge in [0.25, 0.3) is 5.91 Å². The summed E-state index contributed by atoms with van der Waals surface area (Å²) in [6, 6.07) is 12.7. The number of hydrogen-bond donors (Lipinski definition) is 1. The maximum absolute atomic E-state index is 12.5. The monoisotopic (exact) mass is 429 g/mol. The maximum Gasteiger partial charge on any atom is 0.255 e. The van der Waals surface area contributed by atoms with Gasteiger partial charge in [0.2, 0.25) is 5.91 Å². The van der Waals surface area contributed by atoms with Crippen molar-refractivity contribution in [2.45, 2.75) is 20.8 Å². The number of hydrogen-bond acceptors (Lipinski definition) is 4. The van der Waals surface area contributed by atoms with Gasteiger partial charge in [0.15, 0.2) is 0 Å². The molecule has 1 N–H and O–H groups in total. The average Bonchev–Trinajstić information content (AvgIpc) is 2.75. The molecule has 1 aliphatic rings. The van der Waals surface area contributed by atoms with E-state index in [9.17, 15) is 9.59 Å². The summed E-state index contributed by atoms with van der Waals surface area (Å²) in [6.07, 6.45) is 0. The zero-order valence-electron chi connectivity index (χ0n) is 17.7. The van der Waals surface area contributed by atoms with Crippen molar-refractivity contribution in [1.82, 2.24) is 4.90 Å². The number of halogens is 1. The number of ether oxygens (including phenoxy) is 1. The standard InChI is InChI=1S/C23H28ClN3O3/c1-4-30-21-10-5-17(15-20(21)24)22(28)25-18-6-8-19(9-7-18)26-11-13-27(14-12-26)23(29)16(2)3/h5-10,15-16H,4,11-14H2,1-3H3,(H,25,28). The number of benzene rings is 2. The van der Waals surface area contributed by atoms with E-state index in [0.29, 0.717) is 28.6 Å². The van der Waals surface area contributed by atoms with Crippen LogP contribution in [0.15, 0.2) is 42.5 Å². The van der Waals surface area contributed by atoms with Crippen LogP contribution in [0.5, 0.6) is 5.75 Å². The molecule has 160 valence electrons. The summed E-state index contributed by atoms with van der Waals surface area (Å²) in [5.74, 6) is 0.579. The van der Waals surface area contributed by atoms with E-state index < -0.39 is 0 Å². The van der Waals surface area contributed by atoms with Gasteiger partial charge < -0.3 is 19.9 Å². The Morgan fingerprint density at radius 3 is 2.30 bits per heavy atom. The second kappa shape index (κ2) is 9.85. The van der Waals surface area contributed by atoms with Gasteiger partial charge in [0.1, 0.15) is 5.75 Å². The molecule has 3 rings (SSSR count). The molecule has 0 bridgehead atoms. The highest BCUT2D eigenvalue weighted by molar-refractivity contribution is 6.32. The lowest BCUT2D eigenvalue weighted by Gasteiger charge is -2.37. The predicted molar refractivity (Wildman–Crippen MR) is 121 cm³/mol. The number of nitrogens with zero attached hydrogens (tertiary/aromatic N) is 2. The zero-order valence-corrected chi connectivity index (χ0v) is 18.4. The van der Waals surface area contributed by atoms with Crippen molar-refractivity contribution in [1.29, 1.82) is 0 Å². The molecule has 6 nitrogen and oxygen atoms in total. The lowest BCUT2D eigenvalue weighted by molar-refractivity contribution is -0.134. The van der Waals surface area contributed by atoms with Crippen molar-refractivity contribution < 1.29 is 14.3 Å². The highest BCUT2D eigenvalue weighted by atomic mass is 35.5. The van der Waals surface area contributed by atoms with Crippen LogP contribution in [0.25, 0.3) is 0 Å². The quantitative estimate of drug-likeness (QED) is 0.743. The van der Waals surface area contributed by atoms with Gasteiger partial charge in [-0.25, -0.2) is 0 Å². The fourth-order valence-corrected chi connectivity index (χ4v) is 3.66. The Hall–Kier alpha value is -2.73. The number of anilines is 2. The third kappa shape index (κ3) is 5.25. The van der Waals surface area contributed by atoms with Gasteiger partial charge in [0, 0.05) is 49.0 Å². The molecule has 2 amide bonds. The first-order chi connectivity index (χ1) is 14.4. The minimum atomic E-state index is -0.228. The number of carbonyl (C=O) groups excluding carboxylic acids is 2. The Labute approximate surface area is 182 Å². The van der Waals surface area contributed by atoms with Crippen LogP contribution in [0.3, 0.4) is 0 Å². The fraction of sp³-hybridized carbons (Fsp3) is 0.391. The Morgan fingerprint density at radius 1 is 1.07 bits per heavy atom. The lowest BCUT2D eigenvalue weighted by Crippen LogP contribution is -2.49. The average molecular weight is 430 g/mol. The van der Waals surface area contributed by atoms with Gasteiger partial charge in [0.05, 0.1) is 11.6 Å². The summed E-state index contributed by atoms with van der Waals surface area (Å²) < 4.78 is 5.40. The number of rotatable bonds is 6. The highest BCUT2D eigenvalue weighted by Gasteiger charge is 2.23. The smallest absolute Gasteiger partial charge is 0.255 e. The van der Waals surface area contributed by atoms with E-state index in [0.717, 1.165) is 31.9 Å². The summed E-state index contributed by atoms with van der Waals surface area (Å²) in [6.45, 7) is 9.32. The van der Waals surface area contributed by atoms with Crippen LogP contribution in [0.1, 0.15) is 31.1 Å². The molecule has 1 saturated heterocycles. The highest BCUT2D eigenvalue weighted by Crippen LogP contribution is 2.26. The molecule has 0 aromatic heterocycles. The summed E-state index contributed by atoms with van der Waals surface area (Å²) in [5, 5.41) is 3.30. The van der Waals surface area contributed by atoms with Crippen molar-refractivity contribution >= 4 is 34.8 Å². The molecular formula is C23H28ClN3O3. The molecule has 0 radical (unpaired) electrons. The van der Waals surface area contributed by atoms with Crippen molar-refractivity contribution in [3.63, 3.8) is 0 Å². The number of piperazine rings is 1. The third-order valence-electron chi connectivity index (χ3n) is 5.07. The summed E-state index contributed by atoms with van der Waals surface area (Å²) in [7, 11) is 0. The summed E-state index contributed by atoms with van der Waals surface area (Å²) in [5.41, 5.74) is 2.26. The number of nitrogens with one attached hydrogen (secondary N) is 1. The second-order valence-electron chi connectivity index (χ2n) is 7.55. The van der Waals surface area contributed by atoms with E-state index in [1.165, 1.54) is 0 Å². The maximum atomic E-state index is 12.5. The Balaban J connectivity index is 1.58. The minimum absolute atomic E-state index is 0.0321. The minimum Gasteiger partial charge on any atom is -0.492 e. The first-order valence-electron chi connectivity index (χ1n) is 10.3. The van der Waals surface area contributed by atoms with E-state index in [1.54, 1.807) is 18.2 Å². The largest absolute Gasteiger partial charge is 0.492 e. The van der Waals surface area contributed by atoms with Gasteiger partial charge in [-0.05, 0) is 49.4 Å². The molecule has 0 atom stereocenters. The van der Waals surface area contributed by atoms with E-state index in [-0.39, 0.29) is 17.7 Å². The Bertz CT molecular complexity index is 891. The van der Waals surface area contributed by atoms with Crippen LogP contribution < -0.4 is 15.0 Å². The molecule has 0 unspecified atom stereocenters. The van der Waals surface area contributed by atoms with E-state index >= 15 is 0 Å². The predicted octanol–water partition coefficient (Wildman–Crippen LogP) is 4.30. The van der Waals surface area contributed by atoms with Crippen LogP contribution in [0.2, 0.25) is 5.02 Å². The van der Waals surface area contributed by atoms with E-state index in [1.807, 2.05) is 49.9 Å². The molecule has 0 saturated carbocycles. The van der Waals surface area contributed by atoms with E-state index in [4.69, 9.17) is 16.3 Å². The summed E-state index contributed by atoms with van der Waals surface area (Å²) in [4.78, 5) is 28.8. The number of carbonyl (C=O) groups is 2. The Kier molecular flexibility index (Phi) is 7.21. The van der Waals surface area contributed by atoms with Crippen LogP contribution in [0.4, 0.5) is 11.4 Å². The molecule has 1 aliphatic heterocycles. The first kappa shape index (κ1) is 22.0. The zero-order chi connectivity index (χ0) is 21.7. The van der Waals surface area contributed by atoms with Crippen molar-refractivity contribution in [3.8, 4) is 5.75 Å². The summed E-state index contributed by atoms with van der Waals surface area (Å²) >= 11 is 6.17. The van der Waals surface area contributed by atoms with Gasteiger partial charge in [-0.3, -0.25) is 9.59 Å². The molecular weight excluding hydrogens is 402 g/mol. The SMILES string of the molecule is CCOc1ccc(C(=O)Nc2ccc(N3CCN(C(=O)C(C)C)CC3)cc2)cc1Cl. The van der Waals surface area contributed by atoms with Crippen LogP contribution in [0, 0.1) is 5.92 Å². The normalized spacial score (nSPS) is 14.0. The van der Waals surface area contributed by atoms with Crippen molar-refractivity contribution in [2.24, 2.45) is 5.92 Å². The van der Waals surface area contributed by atoms with Gasteiger partial charge in [-0.2, -0.15) is 0 Å². The third-order valence-corrected chi connectivity index (χ3v) is 5.36. The van der Waals surface area contributed by atoms with Gasteiger partial charge >= 0.3 is 0 Å². The van der Waals surface area contributed by atoms with Crippen LogP contribution in [-0.2, 0) is 4.79 Å². The Morgan fingerprint density at radius 2 is 1.73 bits per heavy atom. The molecule has 0 aliphatic carbocycles. The molecule has 0 spiro atoms. The van der Waals surface area contributed by atoms with Crippen molar-refractivity contribution in [2.75, 3.05) is 43.0 Å². The first-order valence-corrected chi connectivity index (χ1v) is 10.6. The molecule has 1 fully saturated rings. The van der Waals surface area contributed by atoms with E-state index in [2.05, 4.69) is 10.2 Å². The van der Waals surface area contributed by atoms with Crippen molar-refractivity contribution in [3.05, 3.63) is 53.1 Å². The second-order valence-corrected chi connectivity index (χ2v) is 7.95. The molecule has 2 aromatic carbocycles. The fourth-order valence-electron chi connectivity index (χ4n) is 3.42. The van der Waals surface area contributed by atoms with Crippen LogP contribution in [-0.4, -0.2) is 49.5 Å². The topological polar surface area (TPSA) is 61.9 Å². The molecule has 1 heterocycles. The van der Waals surface area contributed by atoms with Crippen LogP contribution >= 0.6 is 11.6 Å². The lowest BCUT2D eigenvalue weighted by atomic mass is 10.1. The van der Waals surface area contributed by atoms with Gasteiger partial charge in [-0.1, -0.05) is 25.4 Å². The molecule has 30 heavy (non-hydrogen) atoms. The molecule has 7 heteroatoms. The molecule has 2 aromatic rings.